The number of anilines is 2. The van der Waals surface area contributed by atoms with Gasteiger partial charge in [-0.05, 0) is 75.6 Å². The van der Waals surface area contributed by atoms with Crippen LogP contribution < -0.4 is 16.4 Å². The number of fused-ring (bicyclic) bond motifs is 1. The smallest absolute Gasteiger partial charge is 0.243 e. The Labute approximate surface area is 259 Å². The second-order valence-electron chi connectivity index (χ2n) is 11.2. The highest BCUT2D eigenvalue weighted by atomic mass is 35.5. The quantitative estimate of drug-likeness (QED) is 0.312. The first-order valence-electron chi connectivity index (χ1n) is 14.2. The van der Waals surface area contributed by atoms with Gasteiger partial charge in [-0.1, -0.05) is 24.4 Å². The molecule has 0 atom stereocenters. The van der Waals surface area contributed by atoms with Crippen molar-refractivity contribution in [3.05, 3.63) is 35.6 Å². The van der Waals surface area contributed by atoms with Crippen molar-refractivity contribution in [3.8, 4) is 0 Å². The maximum atomic E-state index is 13.1. The summed E-state index contributed by atoms with van der Waals surface area (Å²) < 4.78 is 30.0. The second-order valence-corrected chi connectivity index (χ2v) is 13.6. The molecular formula is C27H39Cl3N8O2S. The standard InChI is InChI=1S/C27H37ClN8O2S.2ClH/c28-18-5-11-23(12-6-18)39(37,38)35-15-13-21(14-16-35)31-25-24-26(36(17-30-24)22-3-1-2-4-22)34-27(33-25)32-20-9-7-19(29)8-10-20;;/h5-6,11-12,17,19-22H,1-4,7-10,13-16,29H2,(H2,31,32,33,34);2*1H. The van der Waals surface area contributed by atoms with Gasteiger partial charge in [0, 0.05) is 42.3 Å². The molecule has 4 N–H and O–H groups in total. The zero-order valence-corrected chi connectivity index (χ0v) is 26.1. The number of rotatable bonds is 7. The zero-order valence-electron chi connectivity index (χ0n) is 22.9. The molecule has 14 heteroatoms. The van der Waals surface area contributed by atoms with Crippen molar-refractivity contribution in [2.45, 2.75) is 93.3 Å². The zero-order chi connectivity index (χ0) is 27.0. The summed E-state index contributed by atoms with van der Waals surface area (Å²) in [4.78, 5) is 14.8. The van der Waals surface area contributed by atoms with Gasteiger partial charge in [0.05, 0.1) is 11.2 Å². The summed E-state index contributed by atoms with van der Waals surface area (Å²) in [6, 6.07) is 7.43. The summed E-state index contributed by atoms with van der Waals surface area (Å²) >= 11 is 5.95. The topological polar surface area (TPSA) is 131 Å². The molecular weight excluding hydrogens is 607 g/mol. The van der Waals surface area contributed by atoms with Gasteiger partial charge < -0.3 is 20.9 Å². The molecule has 1 aliphatic heterocycles. The van der Waals surface area contributed by atoms with Crippen LogP contribution in [-0.2, 0) is 10.0 Å². The third kappa shape index (κ3) is 7.02. The molecule has 1 saturated heterocycles. The molecule has 3 aromatic rings. The molecule has 2 saturated carbocycles. The minimum Gasteiger partial charge on any atom is -0.365 e. The number of nitrogens with two attached hydrogens (primary N) is 1. The summed E-state index contributed by atoms with van der Waals surface area (Å²) in [6.07, 6.45) is 12.0. The van der Waals surface area contributed by atoms with Crippen molar-refractivity contribution >= 4 is 69.4 Å². The number of hydrogen-bond acceptors (Lipinski definition) is 8. The Kier molecular flexibility index (Phi) is 10.6. The van der Waals surface area contributed by atoms with Crippen LogP contribution in [0.2, 0.25) is 5.02 Å². The van der Waals surface area contributed by atoms with Crippen molar-refractivity contribution in [2.75, 3.05) is 23.7 Å². The minimum atomic E-state index is -3.56. The van der Waals surface area contributed by atoms with Crippen LogP contribution in [0.15, 0.2) is 35.5 Å². The Morgan fingerprint density at radius 2 is 1.49 bits per heavy atom. The maximum absolute atomic E-state index is 13.1. The predicted octanol–water partition coefficient (Wildman–Crippen LogP) is 5.39. The van der Waals surface area contributed by atoms with E-state index in [4.69, 9.17) is 32.3 Å². The van der Waals surface area contributed by atoms with Crippen LogP contribution in [0.3, 0.4) is 0 Å². The van der Waals surface area contributed by atoms with E-state index >= 15 is 0 Å². The third-order valence-corrected chi connectivity index (χ3v) is 10.7. The van der Waals surface area contributed by atoms with Gasteiger partial charge in [0.25, 0.3) is 0 Å². The molecule has 6 rings (SSSR count). The van der Waals surface area contributed by atoms with Gasteiger partial charge in [-0.3, -0.25) is 0 Å². The van der Waals surface area contributed by atoms with Crippen LogP contribution in [0, 0.1) is 0 Å². The Morgan fingerprint density at radius 3 is 2.15 bits per heavy atom. The van der Waals surface area contributed by atoms with Gasteiger partial charge in [-0.25, -0.2) is 13.4 Å². The van der Waals surface area contributed by atoms with Crippen molar-refractivity contribution in [1.82, 2.24) is 23.8 Å². The number of nitrogens with one attached hydrogen (secondary N) is 2. The summed E-state index contributed by atoms with van der Waals surface area (Å²) in [7, 11) is -3.56. The lowest BCUT2D eigenvalue weighted by atomic mass is 9.92. The SMILES string of the molecule is Cl.Cl.NC1CCC(Nc2nc(NC3CCN(S(=O)(=O)c4ccc(Cl)cc4)CC3)c3ncn(C4CCCC4)c3n2)CC1. The molecule has 0 amide bonds. The summed E-state index contributed by atoms with van der Waals surface area (Å²) in [5, 5.41) is 7.70. The van der Waals surface area contributed by atoms with Crippen LogP contribution in [0.25, 0.3) is 11.2 Å². The normalized spacial score (nSPS) is 22.7. The molecule has 2 aromatic heterocycles. The number of benzene rings is 1. The molecule has 226 valence electrons. The van der Waals surface area contributed by atoms with E-state index in [2.05, 4.69) is 15.2 Å². The molecule has 1 aromatic carbocycles. The van der Waals surface area contributed by atoms with E-state index in [0.717, 1.165) is 49.7 Å². The van der Waals surface area contributed by atoms with E-state index in [-0.39, 0.29) is 41.8 Å². The lowest BCUT2D eigenvalue weighted by Crippen LogP contribution is -2.42. The average Bonchev–Trinajstić information content (AvgIpc) is 3.61. The predicted molar refractivity (Wildman–Crippen MR) is 168 cm³/mol. The van der Waals surface area contributed by atoms with Gasteiger partial charge in [0.15, 0.2) is 17.0 Å². The van der Waals surface area contributed by atoms with Crippen LogP contribution in [0.5, 0.6) is 0 Å². The van der Waals surface area contributed by atoms with Crippen molar-refractivity contribution in [1.29, 1.82) is 0 Å². The van der Waals surface area contributed by atoms with E-state index in [1.54, 1.807) is 28.6 Å². The monoisotopic (exact) mass is 644 g/mol. The fraction of sp³-hybridized carbons (Fsp3) is 0.593. The van der Waals surface area contributed by atoms with Crippen LogP contribution >= 0.6 is 36.4 Å². The first kappa shape index (κ1) is 32.0. The van der Waals surface area contributed by atoms with E-state index in [0.29, 0.717) is 54.8 Å². The molecule has 10 nitrogen and oxygen atoms in total. The Hall–Kier alpha value is -1.89. The van der Waals surface area contributed by atoms with Crippen LogP contribution in [0.4, 0.5) is 11.8 Å². The lowest BCUT2D eigenvalue weighted by molar-refractivity contribution is 0.329. The van der Waals surface area contributed by atoms with E-state index in [1.165, 1.54) is 12.8 Å². The largest absolute Gasteiger partial charge is 0.365 e. The van der Waals surface area contributed by atoms with Gasteiger partial charge in [0.2, 0.25) is 16.0 Å². The summed E-state index contributed by atoms with van der Waals surface area (Å²) in [5.74, 6) is 1.33. The molecule has 0 bridgehead atoms. The fourth-order valence-electron chi connectivity index (χ4n) is 6.17. The van der Waals surface area contributed by atoms with Gasteiger partial charge in [-0.15, -0.1) is 24.8 Å². The van der Waals surface area contributed by atoms with E-state index in [9.17, 15) is 8.42 Å². The van der Waals surface area contributed by atoms with Gasteiger partial charge >= 0.3 is 0 Å². The Bertz CT molecular complexity index is 1400. The van der Waals surface area contributed by atoms with Crippen molar-refractivity contribution < 1.29 is 8.42 Å². The number of aromatic nitrogens is 4. The first-order valence-corrected chi connectivity index (χ1v) is 16.0. The number of sulfonamides is 1. The number of nitrogens with zero attached hydrogens (tertiary/aromatic N) is 5. The average molecular weight is 646 g/mol. The van der Waals surface area contributed by atoms with Crippen molar-refractivity contribution in [3.63, 3.8) is 0 Å². The van der Waals surface area contributed by atoms with Crippen LogP contribution in [0.1, 0.15) is 70.3 Å². The van der Waals surface area contributed by atoms with E-state index < -0.39 is 10.0 Å². The highest BCUT2D eigenvalue weighted by Gasteiger charge is 2.31. The molecule has 0 unspecified atom stereocenters. The van der Waals surface area contributed by atoms with Crippen LogP contribution in [-0.4, -0.2) is 63.5 Å². The highest BCUT2D eigenvalue weighted by molar-refractivity contribution is 7.89. The maximum Gasteiger partial charge on any atom is 0.243 e. The van der Waals surface area contributed by atoms with Crippen molar-refractivity contribution in [2.24, 2.45) is 5.73 Å². The summed E-state index contributed by atoms with van der Waals surface area (Å²) in [5.41, 5.74) is 7.75. The first-order chi connectivity index (χ1) is 18.9. The van der Waals surface area contributed by atoms with E-state index in [1.807, 2.05) is 6.33 Å². The lowest BCUT2D eigenvalue weighted by Gasteiger charge is -2.32. The Morgan fingerprint density at radius 1 is 0.854 bits per heavy atom. The molecule has 3 aliphatic rings. The molecule has 3 heterocycles. The Balaban J connectivity index is 0.00000194. The summed E-state index contributed by atoms with van der Waals surface area (Å²) in [6.45, 7) is 0.863. The molecule has 2 aliphatic carbocycles. The molecule has 0 spiro atoms. The third-order valence-electron chi connectivity index (χ3n) is 8.49. The number of imidazole rings is 1. The highest BCUT2D eigenvalue weighted by Crippen LogP contribution is 2.34. The number of halogens is 3. The molecule has 3 fully saturated rings. The van der Waals surface area contributed by atoms with Gasteiger partial charge in [-0.2, -0.15) is 14.3 Å². The fourth-order valence-corrected chi connectivity index (χ4v) is 7.76. The molecule has 41 heavy (non-hydrogen) atoms. The molecule has 0 radical (unpaired) electrons. The minimum absolute atomic E-state index is 0. The second kappa shape index (κ2) is 13.6. The van der Waals surface area contributed by atoms with Gasteiger partial charge in [0.1, 0.15) is 0 Å². The number of piperidine rings is 1. The number of hydrogen-bond donors (Lipinski definition) is 3.